The molecule has 2 aliphatic rings. The van der Waals surface area contributed by atoms with Crippen LogP contribution in [0.3, 0.4) is 0 Å². The summed E-state index contributed by atoms with van der Waals surface area (Å²) in [5.74, 6) is 1.14. The van der Waals surface area contributed by atoms with Gasteiger partial charge in [0, 0.05) is 44.4 Å². The van der Waals surface area contributed by atoms with E-state index in [-0.39, 0.29) is 12.0 Å². The minimum atomic E-state index is -0.00785. The van der Waals surface area contributed by atoms with Gasteiger partial charge in [-0.25, -0.2) is 0 Å². The largest absolute Gasteiger partial charge is 0.483 e. The number of rotatable bonds is 6. The number of nitrogens with zero attached hydrogens (tertiary/aromatic N) is 2. The summed E-state index contributed by atoms with van der Waals surface area (Å²) in [6.07, 6.45) is 8.64. The SMILES string of the molecule is C1=CC2Oc3c(cccc3N(c3ccccc3)c3ccc4ccc5c(N(c6ccccc6)c6cccc7c6oc6ccccc67)ccc6ccc3c4c65)C2C=C1. The van der Waals surface area contributed by atoms with Crippen LogP contribution < -0.4 is 14.5 Å². The lowest BCUT2D eigenvalue weighted by Crippen LogP contribution is -2.16. The van der Waals surface area contributed by atoms with E-state index in [1.54, 1.807) is 0 Å². The second-order valence-electron chi connectivity index (χ2n) is 14.8. The maximum Gasteiger partial charge on any atom is 0.159 e. The van der Waals surface area contributed by atoms with E-state index in [0.717, 1.165) is 61.8 Å². The van der Waals surface area contributed by atoms with Crippen LogP contribution in [0, 0.1) is 0 Å². The van der Waals surface area contributed by atoms with E-state index in [9.17, 15) is 0 Å². The van der Waals surface area contributed by atoms with Crippen LogP contribution in [-0.2, 0) is 0 Å². The summed E-state index contributed by atoms with van der Waals surface area (Å²) in [4.78, 5) is 4.75. The normalized spacial score (nSPS) is 15.9. The summed E-state index contributed by atoms with van der Waals surface area (Å²) in [6.45, 7) is 0. The summed E-state index contributed by atoms with van der Waals surface area (Å²) in [6, 6.07) is 60.9. The third-order valence-corrected chi connectivity index (χ3v) is 11.7. The second-order valence-corrected chi connectivity index (χ2v) is 14.8. The topological polar surface area (TPSA) is 28.9 Å². The molecule has 4 heteroatoms. The molecule has 9 aromatic carbocycles. The average molecular weight is 719 g/mol. The molecule has 0 saturated carbocycles. The molecule has 10 aromatic rings. The van der Waals surface area contributed by atoms with Crippen molar-refractivity contribution in [1.82, 2.24) is 0 Å². The molecule has 0 bridgehead atoms. The van der Waals surface area contributed by atoms with E-state index in [1.165, 1.54) is 37.9 Å². The molecule has 0 radical (unpaired) electrons. The van der Waals surface area contributed by atoms with Gasteiger partial charge in [0.2, 0.25) is 0 Å². The van der Waals surface area contributed by atoms with Crippen molar-refractivity contribution in [1.29, 1.82) is 0 Å². The molecule has 1 aromatic heterocycles. The zero-order valence-electron chi connectivity index (χ0n) is 30.3. The Balaban J connectivity index is 1.11. The van der Waals surface area contributed by atoms with Crippen molar-refractivity contribution in [2.24, 2.45) is 0 Å². The fourth-order valence-corrected chi connectivity index (χ4v) is 9.26. The van der Waals surface area contributed by atoms with Crippen LogP contribution in [0.5, 0.6) is 5.75 Å². The number of para-hydroxylation sites is 5. The molecule has 12 rings (SSSR count). The summed E-state index contributed by atoms with van der Waals surface area (Å²) >= 11 is 0. The molecule has 0 amide bonds. The number of allylic oxidation sites excluding steroid dienone is 2. The maximum atomic E-state index is 6.77. The molecule has 4 nitrogen and oxygen atoms in total. The monoisotopic (exact) mass is 718 g/mol. The first-order chi connectivity index (χ1) is 27.8. The number of hydrogen-bond donors (Lipinski definition) is 0. The summed E-state index contributed by atoms with van der Waals surface area (Å²) in [7, 11) is 0. The highest BCUT2D eigenvalue weighted by molar-refractivity contribution is 6.28. The quantitative estimate of drug-likeness (QED) is 0.160. The number of hydrogen-bond acceptors (Lipinski definition) is 4. The average Bonchev–Trinajstić information content (AvgIpc) is 3.84. The Morgan fingerprint density at radius 3 is 1.70 bits per heavy atom. The Kier molecular flexibility index (Phi) is 6.72. The van der Waals surface area contributed by atoms with Crippen molar-refractivity contribution in [3.63, 3.8) is 0 Å². The number of ether oxygens (including phenoxy) is 1. The van der Waals surface area contributed by atoms with Gasteiger partial charge in [-0.05, 0) is 82.2 Å². The van der Waals surface area contributed by atoms with Gasteiger partial charge in [0.05, 0.1) is 22.7 Å². The predicted octanol–water partition coefficient (Wildman–Crippen LogP) is 14.4. The smallest absolute Gasteiger partial charge is 0.159 e. The van der Waals surface area contributed by atoms with E-state index in [4.69, 9.17) is 9.15 Å². The van der Waals surface area contributed by atoms with E-state index >= 15 is 0 Å². The molecule has 1 aliphatic carbocycles. The van der Waals surface area contributed by atoms with Gasteiger partial charge in [0.15, 0.2) is 5.58 Å². The first-order valence-electron chi connectivity index (χ1n) is 19.3. The molecule has 2 unspecified atom stereocenters. The predicted molar refractivity (Wildman–Crippen MR) is 232 cm³/mol. The first kappa shape index (κ1) is 31.1. The minimum Gasteiger partial charge on any atom is -0.483 e. The van der Waals surface area contributed by atoms with E-state index in [1.807, 2.05) is 6.07 Å². The van der Waals surface area contributed by atoms with Crippen molar-refractivity contribution < 1.29 is 9.15 Å². The van der Waals surface area contributed by atoms with Crippen molar-refractivity contribution in [3.05, 3.63) is 200 Å². The number of anilines is 6. The van der Waals surface area contributed by atoms with Crippen LogP contribution in [0.15, 0.2) is 199 Å². The number of fused-ring (bicyclic) bond motifs is 6. The number of furan rings is 1. The van der Waals surface area contributed by atoms with E-state index in [0.29, 0.717) is 0 Å². The standard InChI is InChI=1S/C52H34N2O2/c1-3-13-35(14-4-1)53(45-21-11-19-39-37-17-7-9-23-47(37)55-51(39)45)43-31-27-33-26-30-42-44(32-28-34-25-29-41(43)49(33)50(34)42)54(36-15-5-2-6-16-36)46-22-12-20-40-38-18-8-10-24-48(38)56-52(40)46/h1-32,37,47H. The van der Waals surface area contributed by atoms with Crippen molar-refractivity contribution in [3.8, 4) is 5.75 Å². The molecule has 0 saturated heterocycles. The Morgan fingerprint density at radius 1 is 0.411 bits per heavy atom. The minimum absolute atomic E-state index is 0.00785. The molecule has 1 aliphatic heterocycles. The Hall–Kier alpha value is -7.30. The maximum absolute atomic E-state index is 6.77. The summed E-state index contributed by atoms with van der Waals surface area (Å²) in [5, 5.41) is 9.45. The molecular weight excluding hydrogens is 685 g/mol. The molecule has 0 spiro atoms. The van der Waals surface area contributed by atoms with Crippen LogP contribution in [-0.4, -0.2) is 6.10 Å². The molecule has 264 valence electrons. The highest BCUT2D eigenvalue weighted by Crippen LogP contribution is 2.53. The van der Waals surface area contributed by atoms with Gasteiger partial charge in [-0.1, -0.05) is 133 Å². The summed E-state index contributed by atoms with van der Waals surface area (Å²) < 4.78 is 13.4. The molecular formula is C52H34N2O2. The molecule has 2 heterocycles. The van der Waals surface area contributed by atoms with Crippen LogP contribution in [0.25, 0.3) is 54.3 Å². The van der Waals surface area contributed by atoms with Crippen LogP contribution in [0.4, 0.5) is 34.1 Å². The lowest BCUT2D eigenvalue weighted by molar-refractivity contribution is 0.269. The van der Waals surface area contributed by atoms with Gasteiger partial charge in [-0.3, -0.25) is 0 Å². The molecule has 2 atom stereocenters. The summed E-state index contributed by atoms with van der Waals surface area (Å²) in [5.41, 5.74) is 9.35. The highest BCUT2D eigenvalue weighted by atomic mass is 16.5. The van der Waals surface area contributed by atoms with Gasteiger partial charge < -0.3 is 19.0 Å². The molecule has 0 fully saturated rings. The van der Waals surface area contributed by atoms with Gasteiger partial charge in [-0.15, -0.1) is 0 Å². The highest BCUT2D eigenvalue weighted by Gasteiger charge is 2.35. The Bertz CT molecular complexity index is 3200. The zero-order valence-corrected chi connectivity index (χ0v) is 30.3. The van der Waals surface area contributed by atoms with Gasteiger partial charge in [-0.2, -0.15) is 0 Å². The second kappa shape index (κ2) is 12.1. The lowest BCUT2D eigenvalue weighted by atomic mass is 9.91. The zero-order chi connectivity index (χ0) is 36.7. The fourth-order valence-electron chi connectivity index (χ4n) is 9.26. The fraction of sp³-hybridized carbons (Fsp3) is 0.0385. The molecule has 56 heavy (non-hydrogen) atoms. The van der Waals surface area contributed by atoms with Gasteiger partial charge in [0.25, 0.3) is 0 Å². The number of benzene rings is 9. The van der Waals surface area contributed by atoms with Gasteiger partial charge >= 0.3 is 0 Å². The van der Waals surface area contributed by atoms with Crippen molar-refractivity contribution >= 4 is 88.4 Å². The third kappa shape index (κ3) is 4.53. The lowest BCUT2D eigenvalue weighted by Gasteiger charge is -2.30. The first-order valence-corrected chi connectivity index (χ1v) is 19.3. The van der Waals surface area contributed by atoms with Crippen LogP contribution in [0.1, 0.15) is 11.5 Å². The van der Waals surface area contributed by atoms with Gasteiger partial charge in [0.1, 0.15) is 17.4 Å². The van der Waals surface area contributed by atoms with E-state index in [2.05, 4.69) is 198 Å². The Morgan fingerprint density at radius 2 is 0.982 bits per heavy atom. The van der Waals surface area contributed by atoms with Crippen LogP contribution >= 0.6 is 0 Å². The van der Waals surface area contributed by atoms with Crippen molar-refractivity contribution in [2.45, 2.75) is 12.0 Å². The van der Waals surface area contributed by atoms with E-state index < -0.39 is 0 Å². The van der Waals surface area contributed by atoms with Crippen LogP contribution in [0.2, 0.25) is 0 Å². The molecule has 0 N–H and O–H groups in total. The third-order valence-electron chi connectivity index (χ3n) is 11.7. The Labute approximate surface area is 323 Å². The van der Waals surface area contributed by atoms with Crippen molar-refractivity contribution in [2.75, 3.05) is 9.80 Å².